The molecule has 0 amide bonds. The van der Waals surface area contributed by atoms with Crippen molar-refractivity contribution >= 4 is 42.7 Å². The number of aromatic amines is 1. The first-order valence-electron chi connectivity index (χ1n) is 11.5. The quantitative estimate of drug-likeness (QED) is 0.267. The van der Waals surface area contributed by atoms with Gasteiger partial charge in [0.25, 0.3) is 0 Å². The molecule has 0 aliphatic rings. The Kier molecular flexibility index (Phi) is 4.90. The number of rotatable bonds is 4. The van der Waals surface area contributed by atoms with Crippen LogP contribution >= 0.6 is 0 Å². The second-order valence-electron chi connectivity index (χ2n) is 8.89. The van der Waals surface area contributed by atoms with E-state index < -0.39 is 10.1 Å². The second-order valence-corrected chi connectivity index (χ2v) is 10.4. The summed E-state index contributed by atoms with van der Waals surface area (Å²) in [6.45, 7) is 3.98. The summed E-state index contributed by atoms with van der Waals surface area (Å²) in [7, 11) is -4.06. The van der Waals surface area contributed by atoms with Crippen LogP contribution in [0.5, 0.6) is 5.75 Å². The van der Waals surface area contributed by atoms with Crippen molar-refractivity contribution in [2.75, 3.05) is 0 Å². The molecule has 1 N–H and O–H groups in total. The lowest BCUT2D eigenvalue weighted by Gasteiger charge is -2.16. The fourth-order valence-electron chi connectivity index (χ4n) is 4.76. The van der Waals surface area contributed by atoms with Crippen LogP contribution in [0.25, 0.3) is 43.7 Å². The van der Waals surface area contributed by atoms with Gasteiger partial charge in [-0.05, 0) is 54.6 Å². The van der Waals surface area contributed by atoms with Crippen LogP contribution in [0.2, 0.25) is 0 Å². The van der Waals surface area contributed by atoms with Crippen molar-refractivity contribution in [3.8, 4) is 16.9 Å². The Bertz CT molecular complexity index is 1830. The summed E-state index contributed by atoms with van der Waals surface area (Å²) < 4.78 is 32.7. The largest absolute Gasteiger partial charge is 0.376 e. The van der Waals surface area contributed by atoms with Crippen LogP contribution < -0.4 is 4.18 Å². The molecule has 6 rings (SSSR count). The van der Waals surface area contributed by atoms with Gasteiger partial charge in [-0.15, -0.1) is 0 Å². The van der Waals surface area contributed by atoms with Gasteiger partial charge >= 0.3 is 10.1 Å². The maximum atomic E-state index is 13.4. The zero-order chi connectivity index (χ0) is 24.2. The summed E-state index contributed by atoms with van der Waals surface area (Å²) in [5.74, 6) is 0.310. The smallest absolute Gasteiger partial charge is 0.339 e. The zero-order valence-corrected chi connectivity index (χ0v) is 20.2. The molecule has 0 unspecified atom stereocenters. The summed E-state index contributed by atoms with van der Waals surface area (Å²) in [6.07, 6.45) is 0. The highest BCUT2D eigenvalue weighted by Gasteiger charge is 2.25. The molecule has 5 aromatic carbocycles. The van der Waals surface area contributed by atoms with Gasteiger partial charge in [0.2, 0.25) is 0 Å². The first-order valence-corrected chi connectivity index (χ1v) is 12.9. The molecule has 0 saturated carbocycles. The maximum Gasteiger partial charge on any atom is 0.339 e. The second kappa shape index (κ2) is 8.00. The van der Waals surface area contributed by atoms with Crippen molar-refractivity contribution in [2.24, 2.45) is 0 Å². The van der Waals surface area contributed by atoms with Gasteiger partial charge in [0, 0.05) is 21.7 Å². The molecule has 0 radical (unpaired) electrons. The standard InChI is InChI=1S/C30H23NO3S/c1-19-12-15-22(16-13-19)35(32,33)34-30-24-11-7-6-10-23(24)27(21-8-4-3-5-9-21)28-25-18-20(2)14-17-26(25)31-29(28)30/h3-18,31H,1-2H3. The molecule has 35 heavy (non-hydrogen) atoms. The fourth-order valence-corrected chi connectivity index (χ4v) is 5.72. The Balaban J connectivity index is 1.74. The molecule has 5 heteroatoms. The molecule has 4 nitrogen and oxygen atoms in total. The third kappa shape index (κ3) is 3.56. The summed E-state index contributed by atoms with van der Waals surface area (Å²) in [4.78, 5) is 3.59. The molecule has 6 aromatic rings. The number of fused-ring (bicyclic) bond motifs is 4. The van der Waals surface area contributed by atoms with Gasteiger partial charge in [-0.25, -0.2) is 0 Å². The van der Waals surface area contributed by atoms with Crippen LogP contribution in [0.3, 0.4) is 0 Å². The van der Waals surface area contributed by atoms with E-state index in [9.17, 15) is 8.42 Å². The van der Waals surface area contributed by atoms with Crippen LogP contribution in [0.1, 0.15) is 11.1 Å². The minimum absolute atomic E-state index is 0.124. The van der Waals surface area contributed by atoms with Crippen molar-refractivity contribution in [1.29, 1.82) is 0 Å². The summed E-state index contributed by atoms with van der Waals surface area (Å²) in [6, 6.07) is 30.9. The number of aryl methyl sites for hydroxylation is 2. The third-order valence-electron chi connectivity index (χ3n) is 6.44. The molecular formula is C30H23NO3S. The highest BCUT2D eigenvalue weighted by molar-refractivity contribution is 7.87. The van der Waals surface area contributed by atoms with Gasteiger partial charge < -0.3 is 9.17 Å². The Morgan fingerprint density at radius 3 is 2.09 bits per heavy atom. The minimum atomic E-state index is -4.06. The van der Waals surface area contributed by atoms with Crippen molar-refractivity contribution in [3.05, 3.63) is 108 Å². The van der Waals surface area contributed by atoms with Gasteiger partial charge in [0.05, 0.1) is 5.52 Å². The van der Waals surface area contributed by atoms with E-state index in [4.69, 9.17) is 4.18 Å². The molecule has 1 aromatic heterocycles. The van der Waals surface area contributed by atoms with E-state index in [-0.39, 0.29) is 4.90 Å². The first-order chi connectivity index (χ1) is 16.9. The van der Waals surface area contributed by atoms with E-state index >= 15 is 0 Å². The normalized spacial score (nSPS) is 11.9. The summed E-state index contributed by atoms with van der Waals surface area (Å²) in [5, 5.41) is 3.64. The number of hydrogen-bond acceptors (Lipinski definition) is 3. The van der Waals surface area contributed by atoms with E-state index in [2.05, 4.69) is 30.1 Å². The Labute approximate surface area is 203 Å². The van der Waals surface area contributed by atoms with E-state index in [1.165, 1.54) is 0 Å². The monoisotopic (exact) mass is 477 g/mol. The first kappa shape index (κ1) is 21.4. The van der Waals surface area contributed by atoms with Crippen LogP contribution in [-0.4, -0.2) is 13.4 Å². The molecular weight excluding hydrogens is 454 g/mol. The zero-order valence-electron chi connectivity index (χ0n) is 19.4. The van der Waals surface area contributed by atoms with Crippen LogP contribution in [0.15, 0.2) is 102 Å². The molecule has 0 fully saturated rings. The molecule has 0 spiro atoms. The van der Waals surface area contributed by atoms with Gasteiger partial charge in [0.15, 0.2) is 5.75 Å². The van der Waals surface area contributed by atoms with E-state index in [1.807, 2.05) is 61.5 Å². The Morgan fingerprint density at radius 2 is 1.34 bits per heavy atom. The van der Waals surface area contributed by atoms with Crippen molar-refractivity contribution in [1.82, 2.24) is 4.98 Å². The van der Waals surface area contributed by atoms with E-state index in [1.54, 1.807) is 24.3 Å². The average molecular weight is 478 g/mol. The molecule has 0 bridgehead atoms. The van der Waals surface area contributed by atoms with Crippen molar-refractivity contribution < 1.29 is 12.6 Å². The predicted molar refractivity (Wildman–Crippen MR) is 142 cm³/mol. The molecule has 0 aliphatic carbocycles. The number of H-pyrrole nitrogens is 1. The number of nitrogens with one attached hydrogen (secondary N) is 1. The third-order valence-corrected chi connectivity index (χ3v) is 7.67. The summed E-state index contributed by atoms with van der Waals surface area (Å²) >= 11 is 0. The molecule has 0 aliphatic heterocycles. The Morgan fingerprint density at radius 1 is 0.686 bits per heavy atom. The SMILES string of the molecule is Cc1ccc(S(=O)(=O)Oc2c3ccccc3c(-c3ccccc3)c3c2[nH]c2ccc(C)cc23)cc1. The van der Waals surface area contributed by atoms with Crippen LogP contribution in [0.4, 0.5) is 0 Å². The lowest BCUT2D eigenvalue weighted by molar-refractivity contribution is 0.491. The number of aromatic nitrogens is 1. The molecule has 1 heterocycles. The van der Waals surface area contributed by atoms with Gasteiger partial charge in [-0.2, -0.15) is 8.42 Å². The lowest BCUT2D eigenvalue weighted by atomic mass is 9.92. The van der Waals surface area contributed by atoms with Gasteiger partial charge in [0.1, 0.15) is 4.90 Å². The summed E-state index contributed by atoms with van der Waals surface area (Å²) in [5.41, 5.74) is 5.81. The van der Waals surface area contributed by atoms with Crippen molar-refractivity contribution in [3.63, 3.8) is 0 Å². The Hall–Kier alpha value is -4.09. The molecule has 172 valence electrons. The highest BCUT2D eigenvalue weighted by atomic mass is 32.2. The minimum Gasteiger partial charge on any atom is -0.376 e. The van der Waals surface area contributed by atoms with Crippen LogP contribution in [0, 0.1) is 13.8 Å². The fraction of sp³-hybridized carbons (Fsp3) is 0.0667. The topological polar surface area (TPSA) is 59.2 Å². The molecule has 0 saturated heterocycles. The van der Waals surface area contributed by atoms with Gasteiger partial charge in [-0.1, -0.05) is 83.9 Å². The van der Waals surface area contributed by atoms with E-state index in [0.717, 1.165) is 49.3 Å². The van der Waals surface area contributed by atoms with Gasteiger partial charge in [-0.3, -0.25) is 0 Å². The van der Waals surface area contributed by atoms with Crippen molar-refractivity contribution in [2.45, 2.75) is 18.7 Å². The lowest BCUT2D eigenvalue weighted by Crippen LogP contribution is -2.10. The highest BCUT2D eigenvalue weighted by Crippen LogP contribution is 2.46. The van der Waals surface area contributed by atoms with E-state index in [0.29, 0.717) is 11.3 Å². The molecule has 0 atom stereocenters. The number of hydrogen-bond donors (Lipinski definition) is 1. The van der Waals surface area contributed by atoms with Crippen LogP contribution in [-0.2, 0) is 10.1 Å². The average Bonchev–Trinajstić information content (AvgIpc) is 3.23. The predicted octanol–water partition coefficient (Wildman–Crippen LogP) is 7.53. The number of benzene rings is 5. The maximum absolute atomic E-state index is 13.4.